The molecule has 1 saturated carbocycles. The molecule has 0 spiro atoms. The van der Waals surface area contributed by atoms with Crippen LogP contribution >= 0.6 is 0 Å². The molecular weight excluding hydrogens is 214 g/mol. The molecule has 1 aliphatic carbocycles. The molecule has 1 N–H and O–H groups in total. The Kier molecular flexibility index (Phi) is 3.74. The minimum absolute atomic E-state index is 0.174. The number of hydrogen-bond acceptors (Lipinski definition) is 3. The molecule has 1 aliphatic rings. The van der Waals surface area contributed by atoms with Gasteiger partial charge in [-0.2, -0.15) is 0 Å². The van der Waals surface area contributed by atoms with E-state index in [1.807, 2.05) is 37.2 Å². The number of amides is 1. The average Bonchev–Trinajstić information content (AvgIpc) is 3.14. The van der Waals surface area contributed by atoms with Gasteiger partial charge in [-0.3, -0.25) is 9.78 Å². The maximum atomic E-state index is 11.7. The van der Waals surface area contributed by atoms with Gasteiger partial charge in [-0.05, 0) is 31.4 Å². The second kappa shape index (κ2) is 5.27. The van der Waals surface area contributed by atoms with Crippen molar-refractivity contribution in [3.8, 4) is 0 Å². The van der Waals surface area contributed by atoms with Crippen molar-refractivity contribution in [3.63, 3.8) is 0 Å². The summed E-state index contributed by atoms with van der Waals surface area (Å²) >= 11 is 0. The summed E-state index contributed by atoms with van der Waals surface area (Å²) in [7, 11) is 1.88. The maximum Gasteiger partial charge on any atom is 0.236 e. The summed E-state index contributed by atoms with van der Waals surface area (Å²) in [5, 5.41) is 3.15. The predicted molar refractivity (Wildman–Crippen MR) is 66.5 cm³/mol. The molecule has 0 aliphatic heterocycles. The third kappa shape index (κ3) is 3.53. The van der Waals surface area contributed by atoms with Gasteiger partial charge >= 0.3 is 0 Å². The molecule has 1 aromatic heterocycles. The summed E-state index contributed by atoms with van der Waals surface area (Å²) in [6, 6.07) is 4.50. The highest BCUT2D eigenvalue weighted by Gasteiger charge is 2.28. The van der Waals surface area contributed by atoms with Crippen LogP contribution in [0.1, 0.15) is 24.1 Å². The largest absolute Gasteiger partial charge is 0.342 e. The van der Waals surface area contributed by atoms with Crippen LogP contribution in [0.4, 0.5) is 0 Å². The maximum absolute atomic E-state index is 11.7. The molecule has 4 heteroatoms. The van der Waals surface area contributed by atoms with Gasteiger partial charge < -0.3 is 10.2 Å². The Balaban J connectivity index is 1.71. The van der Waals surface area contributed by atoms with Crippen molar-refractivity contribution in [2.45, 2.75) is 32.4 Å². The second-order valence-corrected chi connectivity index (χ2v) is 4.65. The van der Waals surface area contributed by atoms with Crippen molar-refractivity contribution >= 4 is 5.91 Å². The Hall–Kier alpha value is -1.42. The van der Waals surface area contributed by atoms with Gasteiger partial charge in [0.05, 0.1) is 6.54 Å². The summed E-state index contributed by atoms with van der Waals surface area (Å²) in [4.78, 5) is 17.8. The second-order valence-electron chi connectivity index (χ2n) is 4.65. The Bertz CT molecular complexity index is 384. The molecule has 1 aromatic rings. The van der Waals surface area contributed by atoms with E-state index in [1.54, 1.807) is 0 Å². The Morgan fingerprint density at radius 2 is 2.29 bits per heavy atom. The summed E-state index contributed by atoms with van der Waals surface area (Å²) < 4.78 is 0. The molecule has 1 heterocycles. The smallest absolute Gasteiger partial charge is 0.236 e. The van der Waals surface area contributed by atoms with E-state index in [2.05, 4.69) is 10.3 Å². The molecule has 0 unspecified atom stereocenters. The molecule has 1 fully saturated rings. The number of likely N-dealkylation sites (N-methyl/N-ethyl adjacent to an activating group) is 1. The van der Waals surface area contributed by atoms with E-state index in [9.17, 15) is 4.79 Å². The lowest BCUT2D eigenvalue weighted by Gasteiger charge is -2.16. The highest BCUT2D eigenvalue weighted by molar-refractivity contribution is 5.78. The van der Waals surface area contributed by atoms with Crippen molar-refractivity contribution in [1.82, 2.24) is 15.2 Å². The van der Waals surface area contributed by atoms with E-state index >= 15 is 0 Å². The number of hydrogen-bond donors (Lipinski definition) is 1. The van der Waals surface area contributed by atoms with Crippen LogP contribution in [0.15, 0.2) is 18.3 Å². The molecule has 0 saturated heterocycles. The molecular formula is C13H19N3O. The Labute approximate surface area is 102 Å². The van der Waals surface area contributed by atoms with Crippen molar-refractivity contribution in [2.75, 3.05) is 13.6 Å². The standard InChI is InChI=1S/C13H19N3O/c1-10-3-4-11(8-15-10)7-14-9-13(17)16(2)12-5-6-12/h3-4,8,12,14H,5-7,9H2,1-2H3. The molecule has 17 heavy (non-hydrogen) atoms. The lowest BCUT2D eigenvalue weighted by Crippen LogP contribution is -2.36. The zero-order valence-corrected chi connectivity index (χ0v) is 10.4. The molecule has 0 atom stereocenters. The molecule has 4 nitrogen and oxygen atoms in total. The summed E-state index contributed by atoms with van der Waals surface area (Å²) in [5.74, 6) is 0.174. The fourth-order valence-electron chi connectivity index (χ4n) is 1.71. The van der Waals surface area contributed by atoms with E-state index in [0.29, 0.717) is 19.1 Å². The Morgan fingerprint density at radius 1 is 1.53 bits per heavy atom. The number of rotatable bonds is 5. The average molecular weight is 233 g/mol. The van der Waals surface area contributed by atoms with E-state index in [-0.39, 0.29) is 5.91 Å². The van der Waals surface area contributed by atoms with Gasteiger partial charge in [-0.15, -0.1) is 0 Å². The normalized spacial score (nSPS) is 14.7. The van der Waals surface area contributed by atoms with Crippen LogP contribution in [0, 0.1) is 6.92 Å². The predicted octanol–water partition coefficient (Wildman–Crippen LogP) is 1.10. The van der Waals surface area contributed by atoms with Gasteiger partial charge in [0.15, 0.2) is 0 Å². The highest BCUT2D eigenvalue weighted by Crippen LogP contribution is 2.25. The van der Waals surface area contributed by atoms with Crippen LogP contribution in [0.2, 0.25) is 0 Å². The number of carbonyl (C=O) groups is 1. The van der Waals surface area contributed by atoms with E-state index < -0.39 is 0 Å². The number of nitrogens with zero attached hydrogens (tertiary/aromatic N) is 2. The SMILES string of the molecule is Cc1ccc(CNCC(=O)N(C)C2CC2)cn1. The molecule has 1 amide bonds. The highest BCUT2D eigenvalue weighted by atomic mass is 16.2. The summed E-state index contributed by atoms with van der Waals surface area (Å²) in [6.07, 6.45) is 4.16. The van der Waals surface area contributed by atoms with Crippen molar-refractivity contribution in [2.24, 2.45) is 0 Å². The van der Waals surface area contributed by atoms with Crippen LogP contribution in [0.25, 0.3) is 0 Å². The number of aryl methyl sites for hydroxylation is 1. The topological polar surface area (TPSA) is 45.2 Å². The van der Waals surface area contributed by atoms with Crippen LogP contribution in [-0.4, -0.2) is 35.4 Å². The van der Waals surface area contributed by atoms with Gasteiger partial charge in [-0.25, -0.2) is 0 Å². The molecule has 2 rings (SSSR count). The third-order valence-corrected chi connectivity index (χ3v) is 3.07. The zero-order valence-electron chi connectivity index (χ0n) is 10.4. The summed E-state index contributed by atoms with van der Waals surface area (Å²) in [5.41, 5.74) is 2.12. The number of aromatic nitrogens is 1. The molecule has 0 aromatic carbocycles. The number of nitrogens with one attached hydrogen (secondary N) is 1. The third-order valence-electron chi connectivity index (χ3n) is 3.07. The van der Waals surface area contributed by atoms with Crippen LogP contribution < -0.4 is 5.32 Å². The summed E-state index contributed by atoms with van der Waals surface area (Å²) in [6.45, 7) is 3.06. The van der Waals surface area contributed by atoms with Crippen molar-refractivity contribution in [3.05, 3.63) is 29.6 Å². The van der Waals surface area contributed by atoms with Gasteiger partial charge in [0.1, 0.15) is 0 Å². The zero-order chi connectivity index (χ0) is 12.3. The molecule has 0 bridgehead atoms. The first-order chi connectivity index (χ1) is 8.16. The van der Waals surface area contributed by atoms with Gasteiger partial charge in [0.25, 0.3) is 0 Å². The fourth-order valence-corrected chi connectivity index (χ4v) is 1.71. The number of pyridine rings is 1. The van der Waals surface area contributed by atoms with Gasteiger partial charge in [0.2, 0.25) is 5.91 Å². The van der Waals surface area contributed by atoms with E-state index in [0.717, 1.165) is 24.1 Å². The molecule has 0 radical (unpaired) electrons. The lowest BCUT2D eigenvalue weighted by molar-refractivity contribution is -0.129. The quantitative estimate of drug-likeness (QED) is 0.828. The van der Waals surface area contributed by atoms with E-state index in [4.69, 9.17) is 0 Å². The lowest BCUT2D eigenvalue weighted by atomic mass is 10.2. The number of carbonyl (C=O) groups excluding carboxylic acids is 1. The van der Waals surface area contributed by atoms with Gasteiger partial charge in [-0.1, -0.05) is 6.07 Å². The minimum atomic E-state index is 0.174. The minimum Gasteiger partial charge on any atom is -0.342 e. The monoisotopic (exact) mass is 233 g/mol. The van der Waals surface area contributed by atoms with Crippen LogP contribution in [0.3, 0.4) is 0 Å². The first-order valence-corrected chi connectivity index (χ1v) is 6.05. The molecule has 92 valence electrons. The fraction of sp³-hybridized carbons (Fsp3) is 0.538. The van der Waals surface area contributed by atoms with Gasteiger partial charge in [0, 0.05) is 31.5 Å². The first kappa shape index (κ1) is 12.0. The van der Waals surface area contributed by atoms with Crippen molar-refractivity contribution < 1.29 is 4.79 Å². The van der Waals surface area contributed by atoms with E-state index in [1.165, 1.54) is 0 Å². The van der Waals surface area contributed by atoms with Crippen LogP contribution in [0.5, 0.6) is 0 Å². The van der Waals surface area contributed by atoms with Crippen molar-refractivity contribution in [1.29, 1.82) is 0 Å². The van der Waals surface area contributed by atoms with Crippen LogP contribution in [-0.2, 0) is 11.3 Å². The first-order valence-electron chi connectivity index (χ1n) is 6.05. The Morgan fingerprint density at radius 3 is 2.88 bits per heavy atom.